The van der Waals surface area contributed by atoms with E-state index in [0.29, 0.717) is 22.8 Å². The van der Waals surface area contributed by atoms with Crippen molar-refractivity contribution in [2.75, 3.05) is 28.4 Å². The summed E-state index contributed by atoms with van der Waals surface area (Å²) in [5, 5.41) is 12.4. The smallest absolute Gasteiger partial charge is 0.329 e. The molecular formula is C20H23NO7. The van der Waals surface area contributed by atoms with E-state index in [1.54, 1.807) is 30.3 Å². The first-order valence-corrected chi connectivity index (χ1v) is 8.43. The van der Waals surface area contributed by atoms with Gasteiger partial charge in [-0.2, -0.15) is 0 Å². The number of ether oxygens (including phenoxy) is 4. The highest BCUT2D eigenvalue weighted by Gasteiger charge is 2.35. The van der Waals surface area contributed by atoms with Crippen LogP contribution in [0.3, 0.4) is 0 Å². The van der Waals surface area contributed by atoms with Gasteiger partial charge in [-0.3, -0.25) is 4.79 Å². The van der Waals surface area contributed by atoms with Crippen LogP contribution in [-0.2, 0) is 9.59 Å². The Labute approximate surface area is 163 Å². The van der Waals surface area contributed by atoms with Crippen molar-refractivity contribution in [2.24, 2.45) is 0 Å². The van der Waals surface area contributed by atoms with Gasteiger partial charge in [0.15, 0.2) is 11.5 Å². The summed E-state index contributed by atoms with van der Waals surface area (Å²) in [4.78, 5) is 24.6. The SMILES string of the molecule is CNC(C(=O)Oc1cc(OC)c(OC)c(OC)c1)C(C(=O)O)c1ccccc1. The van der Waals surface area contributed by atoms with E-state index in [2.05, 4.69) is 5.32 Å². The maximum Gasteiger partial charge on any atom is 0.329 e. The Morgan fingerprint density at radius 2 is 1.54 bits per heavy atom. The van der Waals surface area contributed by atoms with Crippen molar-refractivity contribution in [1.82, 2.24) is 5.32 Å². The summed E-state index contributed by atoms with van der Waals surface area (Å²) in [5.74, 6) is -1.92. The third-order valence-corrected chi connectivity index (χ3v) is 4.18. The average molecular weight is 389 g/mol. The van der Waals surface area contributed by atoms with Crippen LogP contribution in [0.1, 0.15) is 11.5 Å². The second-order valence-corrected chi connectivity index (χ2v) is 5.78. The first-order chi connectivity index (χ1) is 13.5. The number of carbonyl (C=O) groups excluding carboxylic acids is 1. The molecule has 8 nitrogen and oxygen atoms in total. The van der Waals surface area contributed by atoms with Gasteiger partial charge in [0.25, 0.3) is 0 Å². The summed E-state index contributed by atoms with van der Waals surface area (Å²) < 4.78 is 21.1. The average Bonchev–Trinajstić information content (AvgIpc) is 2.71. The molecule has 2 N–H and O–H groups in total. The molecule has 0 saturated carbocycles. The molecule has 0 aliphatic heterocycles. The Morgan fingerprint density at radius 3 is 1.96 bits per heavy atom. The Morgan fingerprint density at radius 1 is 0.964 bits per heavy atom. The Bertz CT molecular complexity index is 798. The zero-order valence-electron chi connectivity index (χ0n) is 16.1. The molecular weight excluding hydrogens is 366 g/mol. The van der Waals surface area contributed by atoms with Crippen molar-refractivity contribution in [2.45, 2.75) is 12.0 Å². The van der Waals surface area contributed by atoms with E-state index in [4.69, 9.17) is 18.9 Å². The monoisotopic (exact) mass is 389 g/mol. The molecule has 2 unspecified atom stereocenters. The predicted molar refractivity (Wildman–Crippen MR) is 101 cm³/mol. The Kier molecular flexibility index (Phi) is 7.22. The van der Waals surface area contributed by atoms with Crippen LogP contribution in [-0.4, -0.2) is 51.5 Å². The van der Waals surface area contributed by atoms with E-state index >= 15 is 0 Å². The standard InChI is InChI=1S/C20H23NO7/c1-21-17(16(19(22)23)12-8-6-5-7-9-12)20(24)28-13-10-14(25-2)18(27-4)15(11-13)26-3/h5-11,16-17,21H,1-4H3,(H,22,23). The summed E-state index contributed by atoms with van der Waals surface area (Å²) in [7, 11) is 5.84. The molecule has 0 radical (unpaired) electrons. The topological polar surface area (TPSA) is 103 Å². The van der Waals surface area contributed by atoms with E-state index in [1.807, 2.05) is 0 Å². The molecule has 8 heteroatoms. The number of benzene rings is 2. The molecule has 2 aromatic carbocycles. The van der Waals surface area contributed by atoms with Crippen molar-refractivity contribution in [3.05, 3.63) is 48.0 Å². The van der Waals surface area contributed by atoms with Gasteiger partial charge in [0.05, 0.1) is 21.3 Å². The number of carboxylic acid groups (broad SMARTS) is 1. The lowest BCUT2D eigenvalue weighted by molar-refractivity contribution is -0.146. The van der Waals surface area contributed by atoms with Crippen LogP contribution in [0, 0.1) is 0 Å². The second-order valence-electron chi connectivity index (χ2n) is 5.78. The zero-order valence-corrected chi connectivity index (χ0v) is 16.1. The molecule has 2 atom stereocenters. The molecule has 150 valence electrons. The normalized spacial score (nSPS) is 12.6. The molecule has 0 aliphatic carbocycles. The molecule has 0 spiro atoms. The van der Waals surface area contributed by atoms with Crippen LogP contribution in [0.4, 0.5) is 0 Å². The van der Waals surface area contributed by atoms with Gasteiger partial charge in [-0.15, -0.1) is 0 Å². The lowest BCUT2D eigenvalue weighted by atomic mass is 9.91. The number of carboxylic acids is 1. The number of methoxy groups -OCH3 is 3. The van der Waals surface area contributed by atoms with Gasteiger partial charge in [0, 0.05) is 12.1 Å². The number of nitrogens with one attached hydrogen (secondary N) is 1. The number of likely N-dealkylation sites (N-methyl/N-ethyl adjacent to an activating group) is 1. The van der Waals surface area contributed by atoms with Gasteiger partial charge < -0.3 is 29.4 Å². The summed E-state index contributed by atoms with van der Waals surface area (Å²) in [6.07, 6.45) is 0. The van der Waals surface area contributed by atoms with E-state index in [-0.39, 0.29) is 5.75 Å². The van der Waals surface area contributed by atoms with Crippen LogP contribution >= 0.6 is 0 Å². The van der Waals surface area contributed by atoms with E-state index in [1.165, 1.54) is 40.5 Å². The van der Waals surface area contributed by atoms with Crippen molar-refractivity contribution in [3.8, 4) is 23.0 Å². The highest BCUT2D eigenvalue weighted by Crippen LogP contribution is 2.41. The van der Waals surface area contributed by atoms with Gasteiger partial charge in [0.1, 0.15) is 17.7 Å². The number of rotatable bonds is 9. The zero-order chi connectivity index (χ0) is 20.7. The van der Waals surface area contributed by atoms with E-state index < -0.39 is 23.9 Å². The quantitative estimate of drug-likeness (QED) is 0.496. The van der Waals surface area contributed by atoms with Crippen LogP contribution in [0.2, 0.25) is 0 Å². The number of hydrogen-bond acceptors (Lipinski definition) is 7. The molecule has 28 heavy (non-hydrogen) atoms. The minimum absolute atomic E-state index is 0.136. The fourth-order valence-corrected chi connectivity index (χ4v) is 2.85. The third kappa shape index (κ3) is 4.52. The molecule has 0 aliphatic rings. The summed E-state index contributed by atoms with van der Waals surface area (Å²) in [6, 6.07) is 10.3. The van der Waals surface area contributed by atoms with Crippen molar-refractivity contribution < 1.29 is 33.6 Å². The van der Waals surface area contributed by atoms with Crippen molar-refractivity contribution in [3.63, 3.8) is 0 Å². The van der Waals surface area contributed by atoms with E-state index in [0.717, 1.165) is 0 Å². The minimum atomic E-state index is -1.15. The highest BCUT2D eigenvalue weighted by atomic mass is 16.5. The molecule has 0 bridgehead atoms. The molecule has 0 amide bonds. The van der Waals surface area contributed by atoms with E-state index in [9.17, 15) is 14.7 Å². The van der Waals surface area contributed by atoms with Gasteiger partial charge >= 0.3 is 11.9 Å². The van der Waals surface area contributed by atoms with Gasteiger partial charge in [-0.25, -0.2) is 4.79 Å². The van der Waals surface area contributed by atoms with Crippen LogP contribution in [0.15, 0.2) is 42.5 Å². The first-order valence-electron chi connectivity index (χ1n) is 8.43. The summed E-state index contributed by atoms with van der Waals surface area (Å²) in [5.41, 5.74) is 0.483. The van der Waals surface area contributed by atoms with Crippen molar-refractivity contribution >= 4 is 11.9 Å². The fourth-order valence-electron chi connectivity index (χ4n) is 2.85. The van der Waals surface area contributed by atoms with Gasteiger partial charge in [-0.05, 0) is 12.6 Å². The molecule has 0 fully saturated rings. The number of aliphatic carboxylic acids is 1. The number of hydrogen-bond donors (Lipinski definition) is 2. The Hall–Kier alpha value is -3.26. The van der Waals surface area contributed by atoms with Crippen LogP contribution in [0.25, 0.3) is 0 Å². The molecule has 0 saturated heterocycles. The highest BCUT2D eigenvalue weighted by molar-refractivity contribution is 5.89. The van der Waals surface area contributed by atoms with Crippen molar-refractivity contribution in [1.29, 1.82) is 0 Å². The van der Waals surface area contributed by atoms with Crippen LogP contribution in [0.5, 0.6) is 23.0 Å². The Balaban J connectivity index is 2.34. The minimum Gasteiger partial charge on any atom is -0.493 e. The van der Waals surface area contributed by atoms with Gasteiger partial charge in [-0.1, -0.05) is 30.3 Å². The number of carbonyl (C=O) groups is 2. The maximum absolute atomic E-state index is 12.8. The molecule has 2 rings (SSSR count). The second kappa shape index (κ2) is 9.61. The first kappa shape index (κ1) is 21.0. The molecule has 0 aromatic heterocycles. The van der Waals surface area contributed by atoms with Crippen LogP contribution < -0.4 is 24.3 Å². The molecule has 0 heterocycles. The fraction of sp³-hybridized carbons (Fsp3) is 0.300. The van der Waals surface area contributed by atoms with Gasteiger partial charge in [0.2, 0.25) is 5.75 Å². The maximum atomic E-state index is 12.8. The lowest BCUT2D eigenvalue weighted by Crippen LogP contribution is -2.45. The molecule has 2 aromatic rings. The third-order valence-electron chi connectivity index (χ3n) is 4.18. The summed E-state index contributed by atoms with van der Waals surface area (Å²) in [6.45, 7) is 0. The lowest BCUT2D eigenvalue weighted by Gasteiger charge is -2.22. The number of esters is 1. The summed E-state index contributed by atoms with van der Waals surface area (Å²) >= 11 is 0. The predicted octanol–water partition coefficient (Wildman–Crippen LogP) is 2.07. The largest absolute Gasteiger partial charge is 0.493 e.